The first-order valence-electron chi connectivity index (χ1n) is 7.93. The Morgan fingerprint density at radius 3 is 1.84 bits per heavy atom. The molecule has 1 aromatic rings. The van der Waals surface area contributed by atoms with Gasteiger partial charge in [0.2, 0.25) is 0 Å². The van der Waals surface area contributed by atoms with Crippen LogP contribution in [0.2, 0.25) is 0 Å². The largest absolute Gasteiger partial charge is 0.494 e. The lowest BCUT2D eigenvalue weighted by Gasteiger charge is -2.32. The van der Waals surface area contributed by atoms with Crippen molar-refractivity contribution in [1.29, 1.82) is 0 Å². The number of carbonyl (C=O) groups excluding carboxylic acids is 3. The average molecular weight is 342 g/mol. The molecule has 7 nitrogen and oxygen atoms in total. The van der Waals surface area contributed by atoms with E-state index < -0.39 is 36.2 Å². The molecule has 0 atom stereocenters. The van der Waals surface area contributed by atoms with Gasteiger partial charge in [0.1, 0.15) is 5.57 Å². The van der Waals surface area contributed by atoms with Crippen molar-refractivity contribution in [3.63, 3.8) is 0 Å². The summed E-state index contributed by atoms with van der Waals surface area (Å²) in [7, 11) is -0.481. The normalized spacial score (nSPS) is 21.8. The second-order valence-electron chi connectivity index (χ2n) is 7.05. The fraction of sp³-hybridized carbons (Fsp3) is 0.353. The zero-order valence-corrected chi connectivity index (χ0v) is 14.5. The highest BCUT2D eigenvalue weighted by Gasteiger charge is 2.51. The van der Waals surface area contributed by atoms with E-state index >= 15 is 0 Å². The van der Waals surface area contributed by atoms with E-state index in [-0.39, 0.29) is 5.57 Å². The molecule has 2 N–H and O–H groups in total. The summed E-state index contributed by atoms with van der Waals surface area (Å²) in [6, 6.07) is 6.33. The zero-order valence-electron chi connectivity index (χ0n) is 14.5. The van der Waals surface area contributed by atoms with Crippen molar-refractivity contribution >= 4 is 36.5 Å². The molecule has 0 unspecified atom stereocenters. The first-order chi connectivity index (χ1) is 11.6. The lowest BCUT2D eigenvalue weighted by Crippen LogP contribution is -2.51. The average Bonchev–Trinajstić information content (AvgIpc) is 2.72. The Hall–Kier alpha value is -2.45. The summed E-state index contributed by atoms with van der Waals surface area (Å²) in [5.74, 6) is -1.44. The second kappa shape index (κ2) is 5.82. The molecule has 2 aliphatic rings. The van der Waals surface area contributed by atoms with Crippen molar-refractivity contribution in [2.75, 3.05) is 0 Å². The number of amides is 4. The number of rotatable bonds is 2. The summed E-state index contributed by atoms with van der Waals surface area (Å²) >= 11 is 0. The maximum atomic E-state index is 11.7. The molecule has 2 aliphatic heterocycles. The minimum absolute atomic E-state index is 0.122. The number of hydrogen-bond donors (Lipinski definition) is 2. The van der Waals surface area contributed by atoms with Crippen molar-refractivity contribution < 1.29 is 23.7 Å². The van der Waals surface area contributed by atoms with E-state index in [1.165, 1.54) is 6.08 Å². The van der Waals surface area contributed by atoms with Gasteiger partial charge >= 0.3 is 13.1 Å². The van der Waals surface area contributed by atoms with Crippen LogP contribution >= 0.6 is 0 Å². The van der Waals surface area contributed by atoms with Gasteiger partial charge in [-0.1, -0.05) is 24.3 Å². The minimum Gasteiger partial charge on any atom is -0.399 e. The standard InChI is InChI=1S/C17H19BN2O5/c1-16(2)17(3,4)25-18(24-16)11-7-5-10(6-8-11)9-12-13(21)19-15(23)20-14(12)22/h5-9H,1-4H3,(H2,19,20,21,22,23). The van der Waals surface area contributed by atoms with Gasteiger partial charge in [-0.25, -0.2) is 4.79 Å². The molecule has 0 spiro atoms. The van der Waals surface area contributed by atoms with Gasteiger partial charge in [0, 0.05) is 0 Å². The number of nitrogens with one attached hydrogen (secondary N) is 2. The summed E-state index contributed by atoms with van der Waals surface area (Å²) in [6.07, 6.45) is 1.42. The van der Waals surface area contributed by atoms with Gasteiger partial charge in [-0.2, -0.15) is 0 Å². The van der Waals surface area contributed by atoms with Crippen molar-refractivity contribution in [1.82, 2.24) is 10.6 Å². The summed E-state index contributed by atoms with van der Waals surface area (Å²) < 4.78 is 12.0. The molecule has 3 rings (SSSR count). The fourth-order valence-corrected chi connectivity index (χ4v) is 2.50. The highest BCUT2D eigenvalue weighted by molar-refractivity contribution is 6.62. The maximum Gasteiger partial charge on any atom is 0.494 e. The van der Waals surface area contributed by atoms with Crippen LogP contribution in [0.15, 0.2) is 29.8 Å². The molecule has 25 heavy (non-hydrogen) atoms. The molecular formula is C17H19BN2O5. The third kappa shape index (κ3) is 3.23. The molecular weight excluding hydrogens is 323 g/mol. The number of carbonyl (C=O) groups is 3. The molecule has 2 saturated heterocycles. The molecule has 0 bridgehead atoms. The van der Waals surface area contributed by atoms with Crippen LogP contribution in [0, 0.1) is 0 Å². The minimum atomic E-state index is -0.816. The van der Waals surface area contributed by atoms with Crippen molar-refractivity contribution in [2.45, 2.75) is 38.9 Å². The van der Waals surface area contributed by atoms with Crippen molar-refractivity contribution in [2.24, 2.45) is 0 Å². The Kier molecular flexibility index (Phi) is 4.05. The van der Waals surface area contributed by atoms with Gasteiger partial charge in [0.05, 0.1) is 11.2 Å². The van der Waals surface area contributed by atoms with Crippen molar-refractivity contribution in [3.05, 3.63) is 35.4 Å². The molecule has 130 valence electrons. The highest BCUT2D eigenvalue weighted by Crippen LogP contribution is 2.36. The first kappa shape index (κ1) is 17.4. The summed E-state index contributed by atoms with van der Waals surface area (Å²) in [6.45, 7) is 7.92. The van der Waals surface area contributed by atoms with Crippen LogP contribution in [-0.2, 0) is 18.9 Å². The van der Waals surface area contributed by atoms with E-state index in [9.17, 15) is 14.4 Å². The van der Waals surface area contributed by atoms with Crippen LogP contribution < -0.4 is 16.1 Å². The molecule has 0 saturated carbocycles. The van der Waals surface area contributed by atoms with Crippen LogP contribution in [0.4, 0.5) is 4.79 Å². The third-order valence-electron chi connectivity index (χ3n) is 4.72. The van der Waals surface area contributed by atoms with Gasteiger partial charge < -0.3 is 9.31 Å². The van der Waals surface area contributed by atoms with E-state index in [1.807, 2.05) is 50.5 Å². The summed E-state index contributed by atoms with van der Waals surface area (Å²) in [5.41, 5.74) is 0.512. The SMILES string of the molecule is CC1(C)OB(c2ccc(C=C3C(=O)NC(=O)NC3=O)cc2)OC1(C)C. The third-order valence-corrected chi connectivity index (χ3v) is 4.72. The Morgan fingerprint density at radius 2 is 1.36 bits per heavy atom. The lowest BCUT2D eigenvalue weighted by atomic mass is 9.79. The molecule has 8 heteroatoms. The van der Waals surface area contributed by atoms with Crippen LogP contribution in [-0.4, -0.2) is 36.2 Å². The van der Waals surface area contributed by atoms with E-state index in [2.05, 4.69) is 0 Å². The van der Waals surface area contributed by atoms with Crippen LogP contribution in [0.3, 0.4) is 0 Å². The van der Waals surface area contributed by atoms with Gasteiger partial charge in [0.25, 0.3) is 11.8 Å². The van der Waals surface area contributed by atoms with Crippen LogP contribution in [0.25, 0.3) is 6.08 Å². The van der Waals surface area contributed by atoms with Gasteiger partial charge in [-0.05, 0) is 44.8 Å². The molecule has 1 aromatic carbocycles. The van der Waals surface area contributed by atoms with Gasteiger partial charge in [-0.15, -0.1) is 0 Å². The lowest BCUT2D eigenvalue weighted by molar-refractivity contribution is -0.123. The summed E-state index contributed by atoms with van der Waals surface area (Å²) in [4.78, 5) is 34.5. The van der Waals surface area contributed by atoms with E-state index in [4.69, 9.17) is 9.31 Å². The number of hydrogen-bond acceptors (Lipinski definition) is 5. The van der Waals surface area contributed by atoms with Gasteiger partial charge in [0.15, 0.2) is 0 Å². The highest BCUT2D eigenvalue weighted by atomic mass is 16.7. The number of imide groups is 2. The van der Waals surface area contributed by atoms with Gasteiger partial charge in [-0.3, -0.25) is 20.2 Å². The Morgan fingerprint density at radius 1 is 0.880 bits per heavy atom. The van der Waals surface area contributed by atoms with Crippen LogP contribution in [0.5, 0.6) is 0 Å². The Labute approximate surface area is 145 Å². The molecule has 2 fully saturated rings. The Bertz CT molecular complexity index is 745. The molecule has 4 amide bonds. The Balaban J connectivity index is 1.80. The van der Waals surface area contributed by atoms with E-state index in [0.717, 1.165) is 5.46 Å². The topological polar surface area (TPSA) is 93.7 Å². The molecule has 0 radical (unpaired) electrons. The number of urea groups is 1. The fourth-order valence-electron chi connectivity index (χ4n) is 2.50. The molecule has 2 heterocycles. The zero-order chi connectivity index (χ0) is 18.4. The summed E-state index contributed by atoms with van der Waals surface area (Å²) in [5, 5.41) is 4.07. The number of benzene rings is 1. The van der Waals surface area contributed by atoms with E-state index in [0.29, 0.717) is 5.56 Å². The van der Waals surface area contributed by atoms with Crippen LogP contribution in [0.1, 0.15) is 33.3 Å². The van der Waals surface area contributed by atoms with E-state index in [1.54, 1.807) is 12.1 Å². The van der Waals surface area contributed by atoms with Crippen molar-refractivity contribution in [3.8, 4) is 0 Å². The second-order valence-corrected chi connectivity index (χ2v) is 7.05. The first-order valence-corrected chi connectivity index (χ1v) is 7.93. The predicted octanol–water partition coefficient (Wildman–Crippen LogP) is 0.735. The predicted molar refractivity (Wildman–Crippen MR) is 91.8 cm³/mol. The number of barbiturate groups is 1. The maximum absolute atomic E-state index is 11.7. The quantitative estimate of drug-likeness (QED) is 0.470. The molecule has 0 aromatic heterocycles. The molecule has 0 aliphatic carbocycles. The monoisotopic (exact) mass is 342 g/mol. The smallest absolute Gasteiger partial charge is 0.399 e.